The van der Waals surface area contributed by atoms with Crippen molar-refractivity contribution in [3.63, 3.8) is 0 Å². The van der Waals surface area contributed by atoms with Crippen LogP contribution in [0.2, 0.25) is 0 Å². The standard InChI is InChI=1S/C16H24BrN/c1-18(12-14-7-5-6-8-14)13-16(11-17)15-9-3-2-4-10-15/h2-4,9-10,14,16H,5-8,11-13H2,1H3. The third kappa shape index (κ3) is 4.10. The van der Waals surface area contributed by atoms with E-state index in [4.69, 9.17) is 0 Å². The molecule has 100 valence electrons. The first-order valence-corrected chi connectivity index (χ1v) is 8.21. The Labute approximate surface area is 120 Å². The number of likely N-dealkylation sites (N-methyl/N-ethyl adjacent to an activating group) is 1. The fourth-order valence-electron chi connectivity index (χ4n) is 3.05. The molecule has 0 spiro atoms. The predicted molar refractivity (Wildman–Crippen MR) is 82.4 cm³/mol. The van der Waals surface area contributed by atoms with Crippen molar-refractivity contribution in [3.8, 4) is 0 Å². The van der Waals surface area contributed by atoms with E-state index in [-0.39, 0.29) is 0 Å². The van der Waals surface area contributed by atoms with Crippen molar-refractivity contribution in [2.45, 2.75) is 31.6 Å². The van der Waals surface area contributed by atoms with Crippen molar-refractivity contribution in [3.05, 3.63) is 35.9 Å². The molecule has 1 saturated carbocycles. The Kier molecular flexibility index (Phi) is 5.71. The zero-order valence-electron chi connectivity index (χ0n) is 11.3. The van der Waals surface area contributed by atoms with E-state index in [2.05, 4.69) is 58.2 Å². The summed E-state index contributed by atoms with van der Waals surface area (Å²) in [6, 6.07) is 10.9. The number of alkyl halides is 1. The molecule has 0 saturated heterocycles. The molecule has 2 rings (SSSR count). The van der Waals surface area contributed by atoms with Crippen molar-refractivity contribution in [2.24, 2.45) is 5.92 Å². The molecule has 0 heterocycles. The van der Waals surface area contributed by atoms with Gasteiger partial charge in [0.15, 0.2) is 0 Å². The Morgan fingerprint density at radius 3 is 2.50 bits per heavy atom. The van der Waals surface area contributed by atoms with Crippen LogP contribution in [-0.4, -0.2) is 30.4 Å². The summed E-state index contributed by atoms with van der Waals surface area (Å²) in [5, 5.41) is 1.05. The summed E-state index contributed by atoms with van der Waals surface area (Å²) in [6.07, 6.45) is 5.77. The van der Waals surface area contributed by atoms with Crippen LogP contribution >= 0.6 is 15.9 Å². The summed E-state index contributed by atoms with van der Waals surface area (Å²) in [7, 11) is 2.27. The van der Waals surface area contributed by atoms with Crippen LogP contribution in [0.4, 0.5) is 0 Å². The van der Waals surface area contributed by atoms with E-state index in [9.17, 15) is 0 Å². The van der Waals surface area contributed by atoms with Crippen molar-refractivity contribution in [1.29, 1.82) is 0 Å². The van der Waals surface area contributed by atoms with Gasteiger partial charge in [-0.25, -0.2) is 0 Å². The average molecular weight is 310 g/mol. The summed E-state index contributed by atoms with van der Waals surface area (Å²) >= 11 is 3.67. The molecule has 0 radical (unpaired) electrons. The quantitative estimate of drug-likeness (QED) is 0.709. The van der Waals surface area contributed by atoms with E-state index >= 15 is 0 Å². The Morgan fingerprint density at radius 1 is 1.22 bits per heavy atom. The Morgan fingerprint density at radius 2 is 1.89 bits per heavy atom. The van der Waals surface area contributed by atoms with E-state index < -0.39 is 0 Å². The number of rotatable bonds is 6. The van der Waals surface area contributed by atoms with Crippen molar-refractivity contribution in [2.75, 3.05) is 25.5 Å². The minimum Gasteiger partial charge on any atom is -0.305 e. The summed E-state index contributed by atoms with van der Waals surface area (Å²) in [5.74, 6) is 1.55. The van der Waals surface area contributed by atoms with Crippen molar-refractivity contribution < 1.29 is 0 Å². The second-order valence-corrected chi connectivity index (χ2v) is 6.28. The number of hydrogen-bond acceptors (Lipinski definition) is 1. The third-order valence-electron chi connectivity index (χ3n) is 4.03. The highest BCUT2D eigenvalue weighted by Crippen LogP contribution is 2.26. The van der Waals surface area contributed by atoms with Crippen LogP contribution in [0.1, 0.15) is 37.2 Å². The van der Waals surface area contributed by atoms with Gasteiger partial charge >= 0.3 is 0 Å². The largest absolute Gasteiger partial charge is 0.305 e. The van der Waals surface area contributed by atoms with E-state index in [1.54, 1.807) is 0 Å². The normalized spacial score (nSPS) is 18.4. The molecule has 0 amide bonds. The van der Waals surface area contributed by atoms with E-state index in [1.165, 1.54) is 37.8 Å². The maximum atomic E-state index is 3.67. The highest BCUT2D eigenvalue weighted by molar-refractivity contribution is 9.09. The highest BCUT2D eigenvalue weighted by atomic mass is 79.9. The molecule has 1 aliphatic carbocycles. The first-order valence-electron chi connectivity index (χ1n) is 7.09. The van der Waals surface area contributed by atoms with Crippen LogP contribution in [0.25, 0.3) is 0 Å². The second kappa shape index (κ2) is 7.30. The number of benzene rings is 1. The minimum absolute atomic E-state index is 0.609. The summed E-state index contributed by atoms with van der Waals surface area (Å²) in [4.78, 5) is 2.52. The first kappa shape index (κ1) is 14.1. The first-order chi connectivity index (χ1) is 8.79. The molecule has 0 aliphatic heterocycles. The van der Waals surface area contributed by atoms with Gasteiger partial charge < -0.3 is 4.90 Å². The van der Waals surface area contributed by atoms with Gasteiger partial charge in [-0.15, -0.1) is 0 Å². The molecule has 1 nitrogen and oxygen atoms in total. The van der Waals surface area contributed by atoms with Crippen LogP contribution in [0.5, 0.6) is 0 Å². The molecule has 1 aromatic carbocycles. The number of nitrogens with zero attached hydrogens (tertiary/aromatic N) is 1. The minimum atomic E-state index is 0.609. The molecule has 1 aromatic rings. The summed E-state index contributed by atoms with van der Waals surface area (Å²) in [6.45, 7) is 2.43. The zero-order chi connectivity index (χ0) is 12.8. The average Bonchev–Trinajstić information content (AvgIpc) is 2.90. The zero-order valence-corrected chi connectivity index (χ0v) is 12.9. The lowest BCUT2D eigenvalue weighted by atomic mass is 10.00. The molecule has 0 aromatic heterocycles. The van der Waals surface area contributed by atoms with Gasteiger partial charge in [0.1, 0.15) is 0 Å². The third-order valence-corrected chi connectivity index (χ3v) is 4.82. The van der Waals surface area contributed by atoms with Crippen molar-refractivity contribution in [1.82, 2.24) is 4.90 Å². The molecule has 0 N–H and O–H groups in total. The lowest BCUT2D eigenvalue weighted by Crippen LogP contribution is -2.29. The predicted octanol–water partition coefficient (Wildman–Crippen LogP) is 4.29. The Hall–Kier alpha value is -0.340. The van der Waals surface area contributed by atoms with Gasteiger partial charge in [-0.3, -0.25) is 0 Å². The smallest absolute Gasteiger partial charge is 0.0112 e. The fraction of sp³-hybridized carbons (Fsp3) is 0.625. The van der Waals surface area contributed by atoms with Crippen LogP contribution in [0.15, 0.2) is 30.3 Å². The number of hydrogen-bond donors (Lipinski definition) is 0. The van der Waals surface area contributed by atoms with E-state index in [0.717, 1.165) is 17.8 Å². The van der Waals surface area contributed by atoms with Gasteiger partial charge in [-0.1, -0.05) is 59.1 Å². The fourth-order valence-corrected chi connectivity index (χ4v) is 3.63. The SMILES string of the molecule is CN(CC1CCCC1)CC(CBr)c1ccccc1. The lowest BCUT2D eigenvalue weighted by Gasteiger charge is -2.25. The van der Waals surface area contributed by atoms with Gasteiger partial charge in [0.2, 0.25) is 0 Å². The molecule has 1 atom stereocenters. The topological polar surface area (TPSA) is 3.24 Å². The molecule has 1 unspecified atom stereocenters. The van der Waals surface area contributed by atoms with Gasteiger partial charge in [-0.05, 0) is 31.4 Å². The monoisotopic (exact) mass is 309 g/mol. The molecule has 1 fully saturated rings. The Bertz CT molecular complexity index is 332. The molecule has 1 aliphatic rings. The molecule has 18 heavy (non-hydrogen) atoms. The summed E-state index contributed by atoms with van der Waals surface area (Å²) in [5.41, 5.74) is 1.45. The second-order valence-electron chi connectivity index (χ2n) is 5.63. The van der Waals surface area contributed by atoms with E-state index in [1.807, 2.05) is 0 Å². The molecular formula is C16H24BrN. The maximum Gasteiger partial charge on any atom is 0.0112 e. The summed E-state index contributed by atoms with van der Waals surface area (Å²) < 4.78 is 0. The molecule has 2 heteroatoms. The van der Waals surface area contributed by atoms with Crippen LogP contribution < -0.4 is 0 Å². The van der Waals surface area contributed by atoms with Crippen LogP contribution in [-0.2, 0) is 0 Å². The highest BCUT2D eigenvalue weighted by Gasteiger charge is 2.19. The van der Waals surface area contributed by atoms with Crippen molar-refractivity contribution >= 4 is 15.9 Å². The van der Waals surface area contributed by atoms with E-state index in [0.29, 0.717) is 5.92 Å². The lowest BCUT2D eigenvalue weighted by molar-refractivity contribution is 0.268. The number of halogens is 1. The van der Waals surface area contributed by atoms with Crippen LogP contribution in [0, 0.1) is 5.92 Å². The Balaban J connectivity index is 1.85. The molecule has 0 bridgehead atoms. The van der Waals surface area contributed by atoms with Crippen LogP contribution in [0.3, 0.4) is 0 Å². The maximum absolute atomic E-state index is 3.67. The van der Waals surface area contributed by atoms with Gasteiger partial charge in [0.05, 0.1) is 0 Å². The molecular weight excluding hydrogens is 286 g/mol. The van der Waals surface area contributed by atoms with Gasteiger partial charge in [0.25, 0.3) is 0 Å². The van der Waals surface area contributed by atoms with Gasteiger partial charge in [0, 0.05) is 24.3 Å². The van der Waals surface area contributed by atoms with Gasteiger partial charge in [-0.2, -0.15) is 0 Å².